The molecule has 1 atom stereocenters. The molecule has 0 rings (SSSR count). The predicted octanol–water partition coefficient (Wildman–Crippen LogP) is 19.2. The fourth-order valence-corrected chi connectivity index (χ4v) is 7.11. The Bertz CT molecular complexity index is 1590. The molecule has 0 aromatic heterocycles. The summed E-state index contributed by atoms with van der Waals surface area (Å²) in [6, 6.07) is 0. The summed E-state index contributed by atoms with van der Waals surface area (Å²) >= 11 is 0. The van der Waals surface area contributed by atoms with Crippen molar-refractivity contribution in [3.05, 3.63) is 146 Å². The van der Waals surface area contributed by atoms with Crippen LogP contribution in [0.15, 0.2) is 146 Å². The topological polar surface area (TPSA) is 78.9 Å². The monoisotopic (exact) mass is 979 g/mol. The number of hydrogen-bond acceptors (Lipinski definition) is 6. The summed E-state index contributed by atoms with van der Waals surface area (Å²) < 4.78 is 16.8. The summed E-state index contributed by atoms with van der Waals surface area (Å²) in [6.45, 7) is 6.29. The van der Waals surface area contributed by atoms with Crippen molar-refractivity contribution in [2.75, 3.05) is 13.2 Å². The van der Waals surface area contributed by atoms with E-state index in [4.69, 9.17) is 14.2 Å². The largest absolute Gasteiger partial charge is 0.462 e. The van der Waals surface area contributed by atoms with Crippen molar-refractivity contribution in [1.29, 1.82) is 0 Å². The number of unbranched alkanes of at least 4 members (excludes halogenated alkanes) is 14. The van der Waals surface area contributed by atoms with Gasteiger partial charge in [-0.3, -0.25) is 14.4 Å². The molecule has 0 aliphatic heterocycles. The zero-order chi connectivity index (χ0) is 51.4. The molecule has 6 heteroatoms. The third kappa shape index (κ3) is 56.1. The molecule has 0 bridgehead atoms. The van der Waals surface area contributed by atoms with E-state index in [2.05, 4.69) is 167 Å². The normalized spacial score (nSPS) is 13.2. The molecule has 6 nitrogen and oxygen atoms in total. The molecule has 0 aromatic rings. The molecule has 71 heavy (non-hydrogen) atoms. The Morgan fingerprint density at radius 3 is 0.901 bits per heavy atom. The first-order valence-corrected chi connectivity index (χ1v) is 28.3. The van der Waals surface area contributed by atoms with E-state index < -0.39 is 6.10 Å². The Labute approximate surface area is 436 Å². The Morgan fingerprint density at radius 2 is 0.549 bits per heavy atom. The zero-order valence-electron chi connectivity index (χ0n) is 45.4. The molecule has 0 fully saturated rings. The van der Waals surface area contributed by atoms with Gasteiger partial charge >= 0.3 is 17.9 Å². The highest BCUT2D eigenvalue weighted by Crippen LogP contribution is 2.12. The van der Waals surface area contributed by atoms with E-state index in [1.54, 1.807) is 0 Å². The minimum absolute atomic E-state index is 0.120. The first kappa shape index (κ1) is 66.3. The lowest BCUT2D eigenvalue weighted by Gasteiger charge is -2.18. The van der Waals surface area contributed by atoms with Crippen LogP contribution in [-0.4, -0.2) is 37.2 Å². The summed E-state index contributed by atoms with van der Waals surface area (Å²) in [7, 11) is 0. The summed E-state index contributed by atoms with van der Waals surface area (Å²) in [5.41, 5.74) is 0. The highest BCUT2D eigenvalue weighted by molar-refractivity contribution is 5.71. The maximum absolute atomic E-state index is 12.9. The van der Waals surface area contributed by atoms with Crippen molar-refractivity contribution >= 4 is 17.9 Å². The van der Waals surface area contributed by atoms with E-state index in [1.165, 1.54) is 38.5 Å². The lowest BCUT2D eigenvalue weighted by atomic mass is 10.1. The van der Waals surface area contributed by atoms with E-state index >= 15 is 0 Å². The molecular weight excluding hydrogens is 877 g/mol. The molecule has 0 spiro atoms. The van der Waals surface area contributed by atoms with Gasteiger partial charge in [-0.25, -0.2) is 0 Å². The summed E-state index contributed by atoms with van der Waals surface area (Å²) in [4.78, 5) is 38.2. The quantitative estimate of drug-likeness (QED) is 0.0262. The van der Waals surface area contributed by atoms with E-state index in [1.807, 2.05) is 0 Å². The third-order valence-electron chi connectivity index (χ3n) is 11.3. The molecule has 0 radical (unpaired) electrons. The van der Waals surface area contributed by atoms with Gasteiger partial charge in [0.05, 0.1) is 0 Å². The first-order valence-electron chi connectivity index (χ1n) is 28.3. The van der Waals surface area contributed by atoms with Crippen LogP contribution in [0.2, 0.25) is 0 Å². The number of esters is 3. The minimum atomic E-state index is -0.823. The SMILES string of the molecule is CC/C=C\C/C=C\C/C=C\C/C=C\C/C=C\CCCCCC(=O)OCC(COC(=O)CCCC/C=C\C/C=C\C/C=C\C/C=C\CC)OC(=O)CCCCCCCC/C=C\C/C=C\C/C=C\CCCCC. The van der Waals surface area contributed by atoms with Gasteiger partial charge in [0.15, 0.2) is 6.10 Å². The van der Waals surface area contributed by atoms with Crippen LogP contribution in [0.4, 0.5) is 0 Å². The molecule has 398 valence electrons. The van der Waals surface area contributed by atoms with Crippen molar-refractivity contribution in [1.82, 2.24) is 0 Å². The van der Waals surface area contributed by atoms with Crippen LogP contribution >= 0.6 is 0 Å². The molecule has 0 aliphatic rings. The number of carbonyl (C=O) groups is 3. The average Bonchev–Trinajstić information content (AvgIpc) is 3.37. The van der Waals surface area contributed by atoms with E-state index in [-0.39, 0.29) is 31.1 Å². The molecule has 0 aliphatic carbocycles. The Hall–Kier alpha value is -4.71. The van der Waals surface area contributed by atoms with Gasteiger partial charge in [-0.05, 0) is 141 Å². The fourth-order valence-electron chi connectivity index (χ4n) is 7.11. The van der Waals surface area contributed by atoms with Crippen molar-refractivity contribution in [3.63, 3.8) is 0 Å². The Balaban J connectivity index is 4.56. The first-order chi connectivity index (χ1) is 35.0. The molecule has 0 aromatic carbocycles. The lowest BCUT2D eigenvalue weighted by Crippen LogP contribution is -2.30. The van der Waals surface area contributed by atoms with Gasteiger partial charge in [0.2, 0.25) is 0 Å². The number of rotatable bonds is 49. The second-order valence-electron chi connectivity index (χ2n) is 18.1. The van der Waals surface area contributed by atoms with Crippen molar-refractivity contribution < 1.29 is 28.6 Å². The Kier molecular flexibility index (Phi) is 54.0. The van der Waals surface area contributed by atoms with Gasteiger partial charge in [-0.15, -0.1) is 0 Å². The highest BCUT2D eigenvalue weighted by Gasteiger charge is 2.19. The van der Waals surface area contributed by atoms with Crippen molar-refractivity contribution in [2.24, 2.45) is 0 Å². The number of carbonyl (C=O) groups excluding carboxylic acids is 3. The second kappa shape index (κ2) is 57.9. The molecule has 1 unspecified atom stereocenters. The lowest BCUT2D eigenvalue weighted by molar-refractivity contribution is -0.167. The van der Waals surface area contributed by atoms with Crippen LogP contribution in [0.25, 0.3) is 0 Å². The van der Waals surface area contributed by atoms with Crippen molar-refractivity contribution in [3.8, 4) is 0 Å². The van der Waals surface area contributed by atoms with Crippen LogP contribution < -0.4 is 0 Å². The molecule has 0 saturated heterocycles. The number of allylic oxidation sites excluding steroid dienone is 24. The second-order valence-corrected chi connectivity index (χ2v) is 18.1. The number of hydrogen-bond donors (Lipinski definition) is 0. The van der Waals surface area contributed by atoms with Gasteiger partial charge in [0, 0.05) is 19.3 Å². The minimum Gasteiger partial charge on any atom is -0.462 e. The predicted molar refractivity (Wildman–Crippen MR) is 306 cm³/mol. The number of ether oxygens (including phenoxy) is 3. The van der Waals surface area contributed by atoms with Gasteiger partial charge in [0.1, 0.15) is 13.2 Å². The summed E-state index contributed by atoms with van der Waals surface area (Å²) in [6.07, 6.45) is 82.6. The van der Waals surface area contributed by atoms with Gasteiger partial charge < -0.3 is 14.2 Å². The van der Waals surface area contributed by atoms with Crippen LogP contribution in [0.3, 0.4) is 0 Å². The molecule has 0 amide bonds. The maximum atomic E-state index is 12.9. The molecular formula is C65H102O6. The average molecular weight is 980 g/mol. The zero-order valence-corrected chi connectivity index (χ0v) is 45.4. The molecule has 0 N–H and O–H groups in total. The van der Waals surface area contributed by atoms with Gasteiger partial charge in [0.25, 0.3) is 0 Å². The van der Waals surface area contributed by atoms with Gasteiger partial charge in [-0.1, -0.05) is 212 Å². The third-order valence-corrected chi connectivity index (χ3v) is 11.3. The smallest absolute Gasteiger partial charge is 0.306 e. The van der Waals surface area contributed by atoms with Crippen LogP contribution in [0, 0.1) is 0 Å². The maximum Gasteiger partial charge on any atom is 0.306 e. The molecule has 0 saturated carbocycles. The van der Waals surface area contributed by atoms with Crippen LogP contribution in [0.5, 0.6) is 0 Å². The summed E-state index contributed by atoms with van der Waals surface area (Å²) in [5.74, 6) is -1.01. The van der Waals surface area contributed by atoms with E-state index in [0.717, 1.165) is 141 Å². The van der Waals surface area contributed by atoms with E-state index in [9.17, 15) is 14.4 Å². The highest BCUT2D eigenvalue weighted by atomic mass is 16.6. The van der Waals surface area contributed by atoms with Crippen LogP contribution in [0.1, 0.15) is 226 Å². The van der Waals surface area contributed by atoms with Crippen LogP contribution in [-0.2, 0) is 28.6 Å². The standard InChI is InChI=1S/C65H102O6/c1-4-7-10-13-16-19-22-25-28-30-32-34-37-40-43-46-49-52-55-58-64(67)70-61-62(60-69-63(66)57-54-51-48-45-42-39-36-27-24-21-18-15-12-9-6-3)71-65(68)59-56-53-50-47-44-41-38-35-33-31-29-26-23-20-17-14-11-8-5-2/h7,9-10,12,16-21,25-29,32-36,40,42-43,45,62H,4-6,8,11,13-15,22-24,30-31,37-39,41,44,46-61H2,1-3H3/b10-7-,12-9-,19-16-,20-17-,21-18-,28-25-,29-26-,34-32-,35-33-,36-27-,43-40-,45-42-. The fraction of sp³-hybridized carbons (Fsp3) is 0.585. The van der Waals surface area contributed by atoms with Crippen molar-refractivity contribution in [2.45, 2.75) is 232 Å². The molecule has 0 heterocycles. The Morgan fingerprint density at radius 1 is 0.296 bits per heavy atom. The summed E-state index contributed by atoms with van der Waals surface area (Å²) in [5, 5.41) is 0. The van der Waals surface area contributed by atoms with E-state index in [0.29, 0.717) is 25.7 Å². The van der Waals surface area contributed by atoms with Gasteiger partial charge in [-0.2, -0.15) is 0 Å².